The number of carboxylic acid groups (broad SMARTS) is 1. The number of nitrogens with zero attached hydrogens (tertiary/aromatic N) is 1. The highest BCUT2D eigenvalue weighted by Crippen LogP contribution is 2.17. The number of nitrogens with one attached hydrogen (secondary N) is 1. The van der Waals surface area contributed by atoms with E-state index in [9.17, 15) is 9.59 Å². The predicted octanol–water partition coefficient (Wildman–Crippen LogP) is 1.55. The van der Waals surface area contributed by atoms with Crippen LogP contribution in [0.15, 0.2) is 18.2 Å². The number of aryl methyl sites for hydroxylation is 1. The van der Waals surface area contributed by atoms with Gasteiger partial charge < -0.3 is 10.4 Å². The quantitative estimate of drug-likeness (QED) is 0.805. The molecule has 0 bridgehead atoms. The van der Waals surface area contributed by atoms with Crippen LogP contribution in [0.5, 0.6) is 0 Å². The third kappa shape index (κ3) is 2.82. The molecule has 1 aromatic carbocycles. The lowest BCUT2D eigenvalue weighted by atomic mass is 10.1. The molecule has 0 saturated carbocycles. The van der Waals surface area contributed by atoms with Gasteiger partial charge in [0, 0.05) is 0 Å². The summed E-state index contributed by atoms with van der Waals surface area (Å²) in [4.78, 5) is 22.0. The Balaban J connectivity index is 3.00. The number of anilines is 1. The summed E-state index contributed by atoms with van der Waals surface area (Å²) in [6, 6.07) is 6.35. The van der Waals surface area contributed by atoms with Gasteiger partial charge in [0.15, 0.2) is 0 Å². The van der Waals surface area contributed by atoms with Crippen LogP contribution in [0.4, 0.5) is 5.69 Å². The molecule has 1 rings (SSSR count). The van der Waals surface area contributed by atoms with Crippen LogP contribution in [-0.2, 0) is 4.79 Å². The summed E-state index contributed by atoms with van der Waals surface area (Å²) in [5.74, 6) is -1.63. The van der Waals surface area contributed by atoms with Gasteiger partial charge in [0.25, 0.3) is 0 Å². The molecule has 82 valence electrons. The number of hydrogen-bond donors (Lipinski definition) is 2. The minimum Gasteiger partial charge on any atom is -0.478 e. The van der Waals surface area contributed by atoms with Crippen molar-refractivity contribution in [1.29, 1.82) is 5.26 Å². The number of nitriles is 1. The van der Waals surface area contributed by atoms with Crippen molar-refractivity contribution in [3.8, 4) is 6.07 Å². The fourth-order valence-corrected chi connectivity index (χ4v) is 1.21. The Morgan fingerprint density at radius 2 is 2.19 bits per heavy atom. The van der Waals surface area contributed by atoms with Gasteiger partial charge in [-0.1, -0.05) is 11.6 Å². The maximum atomic E-state index is 11.1. The van der Waals surface area contributed by atoms with Gasteiger partial charge in [-0.2, -0.15) is 5.26 Å². The van der Waals surface area contributed by atoms with Crippen LogP contribution in [0.2, 0.25) is 0 Å². The maximum Gasteiger partial charge on any atom is 0.337 e. The van der Waals surface area contributed by atoms with Crippen LogP contribution in [0, 0.1) is 18.3 Å². The summed E-state index contributed by atoms with van der Waals surface area (Å²) in [7, 11) is 0. The summed E-state index contributed by atoms with van der Waals surface area (Å²) >= 11 is 0. The van der Waals surface area contributed by atoms with Crippen LogP contribution in [0.25, 0.3) is 0 Å². The SMILES string of the molecule is Cc1ccc(NC(=O)CC#N)c(C(=O)O)c1. The molecular weight excluding hydrogens is 208 g/mol. The normalized spacial score (nSPS) is 9.25. The molecule has 0 heterocycles. The number of carbonyl (C=O) groups is 2. The van der Waals surface area contributed by atoms with Crippen molar-refractivity contribution >= 4 is 17.6 Å². The summed E-state index contributed by atoms with van der Waals surface area (Å²) in [6.07, 6.45) is -0.299. The van der Waals surface area contributed by atoms with Crippen molar-refractivity contribution in [2.24, 2.45) is 0 Å². The zero-order valence-electron chi connectivity index (χ0n) is 8.65. The average Bonchev–Trinajstić information content (AvgIpc) is 2.20. The van der Waals surface area contributed by atoms with Crippen molar-refractivity contribution in [3.63, 3.8) is 0 Å². The van der Waals surface area contributed by atoms with E-state index < -0.39 is 11.9 Å². The Morgan fingerprint density at radius 1 is 1.50 bits per heavy atom. The Labute approximate surface area is 92.3 Å². The molecule has 1 amide bonds. The van der Waals surface area contributed by atoms with Gasteiger partial charge in [-0.3, -0.25) is 4.79 Å². The Hall–Kier alpha value is -2.35. The third-order valence-electron chi connectivity index (χ3n) is 1.92. The lowest BCUT2D eigenvalue weighted by Gasteiger charge is -2.07. The number of benzene rings is 1. The second kappa shape index (κ2) is 4.94. The molecule has 0 atom stereocenters. The van der Waals surface area contributed by atoms with Crippen LogP contribution < -0.4 is 5.32 Å². The van der Waals surface area contributed by atoms with Crippen molar-refractivity contribution < 1.29 is 14.7 Å². The molecule has 0 saturated heterocycles. The molecule has 16 heavy (non-hydrogen) atoms. The first-order valence-corrected chi connectivity index (χ1v) is 4.55. The lowest BCUT2D eigenvalue weighted by Crippen LogP contribution is -2.13. The standard InChI is InChI=1S/C11H10N2O3/c1-7-2-3-9(8(6-7)11(15)16)13-10(14)4-5-12/h2-3,6H,4H2,1H3,(H,13,14)(H,15,16). The van der Waals surface area contributed by atoms with Crippen molar-refractivity contribution in [3.05, 3.63) is 29.3 Å². The smallest absolute Gasteiger partial charge is 0.337 e. The Morgan fingerprint density at radius 3 is 2.75 bits per heavy atom. The van der Waals surface area contributed by atoms with Gasteiger partial charge in [0.2, 0.25) is 5.91 Å². The molecule has 0 aromatic heterocycles. The molecule has 0 aliphatic carbocycles. The first-order chi connectivity index (χ1) is 7.54. The van der Waals surface area contributed by atoms with Gasteiger partial charge in [-0.05, 0) is 19.1 Å². The second-order valence-corrected chi connectivity index (χ2v) is 3.24. The summed E-state index contributed by atoms with van der Waals surface area (Å²) in [6.45, 7) is 1.76. The third-order valence-corrected chi connectivity index (χ3v) is 1.92. The minimum atomic E-state index is -1.11. The lowest BCUT2D eigenvalue weighted by molar-refractivity contribution is -0.115. The molecule has 0 unspecified atom stereocenters. The average molecular weight is 218 g/mol. The van der Waals surface area contributed by atoms with Crippen molar-refractivity contribution in [1.82, 2.24) is 0 Å². The van der Waals surface area contributed by atoms with E-state index in [4.69, 9.17) is 10.4 Å². The zero-order valence-corrected chi connectivity index (χ0v) is 8.65. The number of hydrogen-bond acceptors (Lipinski definition) is 3. The van der Waals surface area contributed by atoms with Crippen LogP contribution in [0.1, 0.15) is 22.3 Å². The topological polar surface area (TPSA) is 90.2 Å². The highest BCUT2D eigenvalue weighted by Gasteiger charge is 2.12. The summed E-state index contributed by atoms with van der Waals surface area (Å²) < 4.78 is 0. The summed E-state index contributed by atoms with van der Waals surface area (Å²) in [5, 5.41) is 19.6. The Kier molecular flexibility index (Phi) is 3.62. The molecule has 0 radical (unpaired) electrons. The van der Waals surface area contributed by atoms with Crippen LogP contribution >= 0.6 is 0 Å². The molecule has 0 aliphatic rings. The highest BCUT2D eigenvalue weighted by molar-refractivity contribution is 6.01. The minimum absolute atomic E-state index is 0.0197. The molecule has 5 nitrogen and oxygen atoms in total. The van der Waals surface area contributed by atoms with Crippen molar-refractivity contribution in [2.45, 2.75) is 13.3 Å². The number of carboxylic acids is 1. The van der Waals surface area contributed by atoms with Gasteiger partial charge in [0.1, 0.15) is 6.42 Å². The summed E-state index contributed by atoms with van der Waals surface area (Å²) in [5.41, 5.74) is 1.01. The van der Waals surface area contributed by atoms with E-state index >= 15 is 0 Å². The van der Waals surface area contributed by atoms with Gasteiger partial charge >= 0.3 is 5.97 Å². The van der Waals surface area contributed by atoms with E-state index in [1.165, 1.54) is 12.1 Å². The molecule has 0 aliphatic heterocycles. The first-order valence-electron chi connectivity index (χ1n) is 4.55. The number of carbonyl (C=O) groups excluding carboxylic acids is 1. The molecule has 2 N–H and O–H groups in total. The van der Waals surface area contributed by atoms with E-state index in [1.54, 1.807) is 19.1 Å². The molecule has 0 fully saturated rings. The van der Waals surface area contributed by atoms with Gasteiger partial charge in [0.05, 0.1) is 17.3 Å². The molecule has 1 aromatic rings. The highest BCUT2D eigenvalue weighted by atomic mass is 16.4. The molecule has 5 heteroatoms. The number of aromatic carboxylic acids is 1. The largest absolute Gasteiger partial charge is 0.478 e. The first kappa shape index (κ1) is 11.7. The fraction of sp³-hybridized carbons (Fsp3) is 0.182. The van der Waals surface area contributed by atoms with Gasteiger partial charge in [-0.25, -0.2) is 4.79 Å². The van der Waals surface area contributed by atoms with Crippen LogP contribution in [-0.4, -0.2) is 17.0 Å². The van der Waals surface area contributed by atoms with E-state index in [2.05, 4.69) is 5.32 Å². The maximum absolute atomic E-state index is 11.1. The predicted molar refractivity (Wildman–Crippen MR) is 57.0 cm³/mol. The zero-order chi connectivity index (χ0) is 12.1. The second-order valence-electron chi connectivity index (χ2n) is 3.24. The fourth-order valence-electron chi connectivity index (χ4n) is 1.21. The van der Waals surface area contributed by atoms with Gasteiger partial charge in [-0.15, -0.1) is 0 Å². The van der Waals surface area contributed by atoms with Crippen LogP contribution in [0.3, 0.4) is 0 Å². The molecular formula is C11H10N2O3. The molecule has 0 spiro atoms. The number of rotatable bonds is 3. The van der Waals surface area contributed by atoms with E-state index in [0.717, 1.165) is 5.56 Å². The van der Waals surface area contributed by atoms with E-state index in [-0.39, 0.29) is 17.7 Å². The monoisotopic (exact) mass is 218 g/mol. The van der Waals surface area contributed by atoms with E-state index in [0.29, 0.717) is 0 Å². The number of amides is 1. The van der Waals surface area contributed by atoms with Crippen molar-refractivity contribution in [2.75, 3.05) is 5.32 Å². The van der Waals surface area contributed by atoms with E-state index in [1.807, 2.05) is 0 Å². The Bertz CT molecular complexity index is 475.